The maximum absolute atomic E-state index is 11.5. The van der Waals surface area contributed by atoms with Crippen molar-refractivity contribution in [1.29, 1.82) is 0 Å². The normalized spacial score (nSPS) is 10.9. The summed E-state index contributed by atoms with van der Waals surface area (Å²) in [7, 11) is 0. The topological polar surface area (TPSA) is 44.8 Å². The quantitative estimate of drug-likeness (QED) is 0.236. The second kappa shape index (κ2) is 20.4. The first kappa shape index (κ1) is 23.4. The fraction of sp³-hybridized carbons (Fsp3) is 0.950. The van der Waals surface area contributed by atoms with Crippen LogP contribution in [-0.4, -0.2) is 39.0 Å². The lowest BCUT2D eigenvalue weighted by Gasteiger charge is -2.06. The van der Waals surface area contributed by atoms with Crippen LogP contribution in [0.5, 0.6) is 0 Å². The first-order chi connectivity index (χ1) is 11.8. The van der Waals surface area contributed by atoms with Crippen molar-refractivity contribution in [1.82, 2.24) is 0 Å². The smallest absolute Gasteiger partial charge is 0.305 e. The van der Waals surface area contributed by atoms with Crippen LogP contribution in [0.4, 0.5) is 0 Å². The maximum atomic E-state index is 11.5. The Bertz CT molecular complexity index is 256. The van der Waals surface area contributed by atoms with E-state index in [0.29, 0.717) is 39.5 Å². The molecule has 0 rings (SSSR count). The Morgan fingerprint density at radius 3 is 1.71 bits per heavy atom. The Morgan fingerprint density at radius 1 is 0.625 bits per heavy atom. The lowest BCUT2D eigenvalue weighted by atomic mass is 10.1. The number of carbonyl (C=O) groups is 1. The van der Waals surface area contributed by atoms with Crippen LogP contribution in [-0.2, 0) is 19.0 Å². The van der Waals surface area contributed by atoms with E-state index >= 15 is 0 Å². The zero-order valence-corrected chi connectivity index (χ0v) is 16.2. The van der Waals surface area contributed by atoms with Crippen molar-refractivity contribution in [2.24, 2.45) is 0 Å². The number of ether oxygens (including phenoxy) is 3. The molecule has 0 saturated carbocycles. The third-order valence-electron chi connectivity index (χ3n) is 4.05. The minimum atomic E-state index is -0.0978. The van der Waals surface area contributed by atoms with Crippen molar-refractivity contribution in [3.05, 3.63) is 0 Å². The lowest BCUT2D eigenvalue weighted by molar-refractivity contribution is -0.145. The fourth-order valence-electron chi connectivity index (χ4n) is 2.58. The predicted molar refractivity (Wildman–Crippen MR) is 99.3 cm³/mol. The molecule has 0 bridgehead atoms. The summed E-state index contributed by atoms with van der Waals surface area (Å²) in [5, 5.41) is 0. The molecule has 24 heavy (non-hydrogen) atoms. The van der Waals surface area contributed by atoms with Gasteiger partial charge in [-0.3, -0.25) is 4.79 Å². The van der Waals surface area contributed by atoms with E-state index < -0.39 is 0 Å². The highest BCUT2D eigenvalue weighted by Crippen LogP contribution is 2.12. The molecule has 0 spiro atoms. The van der Waals surface area contributed by atoms with E-state index in [1.165, 1.54) is 57.8 Å². The number of esters is 1. The lowest BCUT2D eigenvalue weighted by Crippen LogP contribution is -2.12. The molecule has 0 aliphatic rings. The number of carbonyl (C=O) groups excluding carboxylic acids is 1. The third kappa shape index (κ3) is 19.4. The molecule has 0 amide bonds. The Morgan fingerprint density at radius 2 is 1.12 bits per heavy atom. The van der Waals surface area contributed by atoms with Crippen molar-refractivity contribution in [3.8, 4) is 0 Å². The van der Waals surface area contributed by atoms with Gasteiger partial charge in [0, 0.05) is 13.0 Å². The van der Waals surface area contributed by atoms with Crippen LogP contribution in [0.1, 0.15) is 90.9 Å². The molecule has 0 atom stereocenters. The summed E-state index contributed by atoms with van der Waals surface area (Å²) in [4.78, 5) is 11.5. The van der Waals surface area contributed by atoms with Gasteiger partial charge in [-0.1, -0.05) is 71.1 Å². The van der Waals surface area contributed by atoms with E-state index in [1.54, 1.807) is 0 Å². The molecule has 0 fully saturated rings. The standard InChI is InChI=1S/C20H40O4/c1-3-5-6-7-8-9-10-11-12-13-14-15-20(21)24-19-18-23-17-16-22-4-2/h3-19H2,1-2H3. The van der Waals surface area contributed by atoms with E-state index in [1.807, 2.05) is 6.92 Å². The van der Waals surface area contributed by atoms with Crippen LogP contribution in [0.15, 0.2) is 0 Å². The Labute approximate surface area is 149 Å². The maximum Gasteiger partial charge on any atom is 0.305 e. The van der Waals surface area contributed by atoms with Gasteiger partial charge in [-0.15, -0.1) is 0 Å². The van der Waals surface area contributed by atoms with Crippen LogP contribution in [0, 0.1) is 0 Å². The third-order valence-corrected chi connectivity index (χ3v) is 4.05. The van der Waals surface area contributed by atoms with Crippen LogP contribution in [0.2, 0.25) is 0 Å². The van der Waals surface area contributed by atoms with Crippen molar-refractivity contribution >= 4 is 5.97 Å². The molecule has 0 aromatic rings. The monoisotopic (exact) mass is 344 g/mol. The molecule has 0 radical (unpaired) electrons. The largest absolute Gasteiger partial charge is 0.463 e. The van der Waals surface area contributed by atoms with Gasteiger partial charge in [0.15, 0.2) is 0 Å². The Kier molecular flexibility index (Phi) is 19.9. The molecule has 4 heteroatoms. The molecule has 0 aromatic carbocycles. The molecule has 0 heterocycles. The van der Waals surface area contributed by atoms with Gasteiger partial charge in [0.25, 0.3) is 0 Å². The molecule has 0 aliphatic carbocycles. The molecular weight excluding hydrogens is 304 g/mol. The molecule has 0 N–H and O–H groups in total. The second-order valence-corrected chi connectivity index (χ2v) is 6.32. The average Bonchev–Trinajstić information content (AvgIpc) is 2.59. The van der Waals surface area contributed by atoms with Gasteiger partial charge in [0.05, 0.1) is 19.8 Å². The van der Waals surface area contributed by atoms with Gasteiger partial charge in [-0.2, -0.15) is 0 Å². The van der Waals surface area contributed by atoms with Gasteiger partial charge >= 0.3 is 5.97 Å². The van der Waals surface area contributed by atoms with Gasteiger partial charge in [-0.25, -0.2) is 0 Å². The highest BCUT2D eigenvalue weighted by Gasteiger charge is 2.02. The molecular formula is C20H40O4. The summed E-state index contributed by atoms with van der Waals surface area (Å²) in [5.74, 6) is -0.0978. The summed E-state index contributed by atoms with van der Waals surface area (Å²) >= 11 is 0. The van der Waals surface area contributed by atoms with Gasteiger partial charge < -0.3 is 14.2 Å². The van der Waals surface area contributed by atoms with Crippen molar-refractivity contribution < 1.29 is 19.0 Å². The highest BCUT2D eigenvalue weighted by atomic mass is 16.6. The van der Waals surface area contributed by atoms with Crippen molar-refractivity contribution in [2.75, 3.05) is 33.0 Å². The minimum absolute atomic E-state index is 0.0978. The van der Waals surface area contributed by atoms with Gasteiger partial charge in [0.1, 0.15) is 6.61 Å². The summed E-state index contributed by atoms with van der Waals surface area (Å²) < 4.78 is 15.6. The molecule has 0 unspecified atom stereocenters. The number of hydrogen-bond acceptors (Lipinski definition) is 4. The number of unbranched alkanes of at least 4 members (excludes halogenated alkanes) is 10. The summed E-state index contributed by atoms with van der Waals surface area (Å²) in [5.41, 5.74) is 0. The molecule has 0 aromatic heterocycles. The number of hydrogen-bond donors (Lipinski definition) is 0. The van der Waals surface area contributed by atoms with Crippen molar-refractivity contribution in [3.63, 3.8) is 0 Å². The zero-order chi connectivity index (χ0) is 17.7. The Balaban J connectivity index is 3.12. The Hall–Kier alpha value is -0.610. The van der Waals surface area contributed by atoms with E-state index in [0.717, 1.165) is 12.8 Å². The van der Waals surface area contributed by atoms with Crippen LogP contribution < -0.4 is 0 Å². The minimum Gasteiger partial charge on any atom is -0.463 e. The SMILES string of the molecule is CCCCCCCCCCCCCC(=O)OCCOCCOCC. The molecule has 4 nitrogen and oxygen atoms in total. The van der Waals surface area contributed by atoms with Crippen LogP contribution in [0.25, 0.3) is 0 Å². The average molecular weight is 345 g/mol. The van der Waals surface area contributed by atoms with E-state index in [4.69, 9.17) is 14.2 Å². The second-order valence-electron chi connectivity index (χ2n) is 6.32. The van der Waals surface area contributed by atoms with Crippen LogP contribution >= 0.6 is 0 Å². The number of rotatable bonds is 19. The van der Waals surface area contributed by atoms with Crippen molar-refractivity contribution in [2.45, 2.75) is 90.9 Å². The fourth-order valence-corrected chi connectivity index (χ4v) is 2.58. The van der Waals surface area contributed by atoms with Gasteiger partial charge in [-0.05, 0) is 13.3 Å². The summed E-state index contributed by atoms with van der Waals surface area (Å²) in [6.07, 6.45) is 14.8. The van der Waals surface area contributed by atoms with E-state index in [2.05, 4.69) is 6.92 Å². The summed E-state index contributed by atoms with van der Waals surface area (Å²) in [6.45, 7) is 6.88. The van der Waals surface area contributed by atoms with E-state index in [9.17, 15) is 4.79 Å². The van der Waals surface area contributed by atoms with Crippen LogP contribution in [0.3, 0.4) is 0 Å². The molecule has 0 aliphatic heterocycles. The highest BCUT2D eigenvalue weighted by molar-refractivity contribution is 5.69. The van der Waals surface area contributed by atoms with E-state index in [-0.39, 0.29) is 5.97 Å². The van der Waals surface area contributed by atoms with Gasteiger partial charge in [0.2, 0.25) is 0 Å². The first-order valence-electron chi connectivity index (χ1n) is 10.1. The first-order valence-corrected chi connectivity index (χ1v) is 10.1. The molecule has 144 valence electrons. The molecule has 0 saturated heterocycles. The summed E-state index contributed by atoms with van der Waals surface area (Å²) in [6, 6.07) is 0. The predicted octanol–water partition coefficient (Wildman–Crippen LogP) is 5.28. The zero-order valence-electron chi connectivity index (χ0n) is 16.2.